The van der Waals surface area contributed by atoms with Crippen molar-refractivity contribution in [3.8, 4) is 0 Å². The lowest BCUT2D eigenvalue weighted by Gasteiger charge is -2.35. The van der Waals surface area contributed by atoms with Gasteiger partial charge in [-0.15, -0.1) is 0 Å². The van der Waals surface area contributed by atoms with Gasteiger partial charge in [0.25, 0.3) is 0 Å². The molecule has 2 aliphatic heterocycles. The average Bonchev–Trinajstić information content (AvgIpc) is 3.26. The molecule has 1 N–H and O–H groups in total. The summed E-state index contributed by atoms with van der Waals surface area (Å²) in [5.41, 5.74) is -0.470. The number of nitrogens with one attached hydrogen (secondary N) is 1. The number of ether oxygens (including phenoxy) is 1. The first-order valence-corrected chi connectivity index (χ1v) is 12.5. The zero-order valence-corrected chi connectivity index (χ0v) is 20.2. The number of nitrogens with zero attached hydrogens (tertiary/aromatic N) is 3. The Balaban J connectivity index is 1.33. The minimum Gasteiger partial charge on any atom is -0.444 e. The van der Waals surface area contributed by atoms with Crippen LogP contribution in [0.2, 0.25) is 0 Å². The van der Waals surface area contributed by atoms with Crippen molar-refractivity contribution in [2.75, 3.05) is 45.8 Å². The van der Waals surface area contributed by atoms with Crippen LogP contribution in [-0.2, 0) is 14.3 Å². The first kappa shape index (κ1) is 24.8. The van der Waals surface area contributed by atoms with Crippen molar-refractivity contribution >= 4 is 17.9 Å². The normalized spacial score (nSPS) is 23.3. The van der Waals surface area contributed by atoms with Gasteiger partial charge in [0.1, 0.15) is 11.6 Å². The Morgan fingerprint density at radius 3 is 2.25 bits per heavy atom. The minimum atomic E-state index is -0.470. The van der Waals surface area contributed by atoms with Crippen molar-refractivity contribution in [1.82, 2.24) is 20.0 Å². The van der Waals surface area contributed by atoms with E-state index in [1.54, 1.807) is 4.90 Å². The van der Waals surface area contributed by atoms with Crippen molar-refractivity contribution < 1.29 is 19.1 Å². The maximum atomic E-state index is 12.9. The van der Waals surface area contributed by atoms with E-state index in [9.17, 15) is 14.4 Å². The molecule has 0 radical (unpaired) electrons. The zero-order valence-electron chi connectivity index (χ0n) is 20.2. The standard InChI is InChI=1S/C24H42N4O4/c1-24(2,3)32-23(31)27-17-15-26(16-18-27)13-8-12-25-21(29)20-11-7-14-28(20)22(30)19-9-5-4-6-10-19/h19-20H,4-18H2,1-3H3,(H,25,29). The quantitative estimate of drug-likeness (QED) is 0.629. The first-order valence-electron chi connectivity index (χ1n) is 12.5. The highest BCUT2D eigenvalue weighted by molar-refractivity contribution is 5.89. The summed E-state index contributed by atoms with van der Waals surface area (Å²) in [5, 5.41) is 3.06. The van der Waals surface area contributed by atoms with Crippen LogP contribution in [0.3, 0.4) is 0 Å². The lowest BCUT2D eigenvalue weighted by molar-refractivity contribution is -0.142. The molecule has 0 bridgehead atoms. The van der Waals surface area contributed by atoms with Gasteiger partial charge in [-0.3, -0.25) is 14.5 Å². The van der Waals surface area contributed by atoms with Crippen molar-refractivity contribution in [3.63, 3.8) is 0 Å². The van der Waals surface area contributed by atoms with Crippen LogP contribution in [0.5, 0.6) is 0 Å². The third kappa shape index (κ3) is 7.09. The van der Waals surface area contributed by atoms with Crippen molar-refractivity contribution in [2.24, 2.45) is 5.92 Å². The Morgan fingerprint density at radius 2 is 1.59 bits per heavy atom. The van der Waals surface area contributed by atoms with Gasteiger partial charge in [-0.25, -0.2) is 4.79 Å². The summed E-state index contributed by atoms with van der Waals surface area (Å²) in [7, 11) is 0. The predicted octanol–water partition coefficient (Wildman–Crippen LogP) is 2.62. The third-order valence-electron chi connectivity index (χ3n) is 6.77. The van der Waals surface area contributed by atoms with Gasteiger partial charge in [0.2, 0.25) is 11.8 Å². The van der Waals surface area contributed by atoms with Crippen LogP contribution < -0.4 is 5.32 Å². The molecule has 0 aromatic carbocycles. The van der Waals surface area contributed by atoms with Gasteiger partial charge in [0.05, 0.1) is 0 Å². The summed E-state index contributed by atoms with van der Waals surface area (Å²) in [4.78, 5) is 43.8. The maximum absolute atomic E-state index is 12.9. The molecule has 3 fully saturated rings. The number of rotatable bonds is 6. The van der Waals surface area contributed by atoms with Crippen LogP contribution in [0, 0.1) is 5.92 Å². The summed E-state index contributed by atoms with van der Waals surface area (Å²) >= 11 is 0. The number of hydrogen-bond acceptors (Lipinski definition) is 5. The van der Waals surface area contributed by atoms with Crippen LogP contribution in [0.15, 0.2) is 0 Å². The summed E-state index contributed by atoms with van der Waals surface area (Å²) in [6.07, 6.45) is 7.75. The van der Waals surface area contributed by atoms with Gasteiger partial charge in [0.15, 0.2) is 0 Å². The van der Waals surface area contributed by atoms with E-state index >= 15 is 0 Å². The predicted molar refractivity (Wildman–Crippen MR) is 123 cm³/mol. The van der Waals surface area contributed by atoms with Gasteiger partial charge in [-0.1, -0.05) is 19.3 Å². The number of piperazine rings is 1. The van der Waals surface area contributed by atoms with Crippen molar-refractivity contribution in [3.05, 3.63) is 0 Å². The van der Waals surface area contributed by atoms with E-state index in [1.165, 1.54) is 6.42 Å². The Bertz CT molecular complexity index is 649. The monoisotopic (exact) mass is 450 g/mol. The molecule has 1 unspecified atom stereocenters. The molecule has 0 spiro atoms. The highest BCUT2D eigenvalue weighted by Gasteiger charge is 2.37. The summed E-state index contributed by atoms with van der Waals surface area (Å²) < 4.78 is 5.44. The van der Waals surface area contributed by atoms with E-state index in [-0.39, 0.29) is 29.9 Å². The SMILES string of the molecule is CC(C)(C)OC(=O)N1CCN(CCCNC(=O)C2CCCN2C(=O)C2CCCCC2)CC1. The fourth-order valence-corrected chi connectivity index (χ4v) is 5.00. The zero-order chi connectivity index (χ0) is 23.1. The summed E-state index contributed by atoms with van der Waals surface area (Å²) in [6, 6.07) is -0.290. The van der Waals surface area contributed by atoms with Gasteiger partial charge < -0.3 is 19.9 Å². The number of hydrogen-bond donors (Lipinski definition) is 1. The smallest absolute Gasteiger partial charge is 0.410 e. The van der Waals surface area contributed by atoms with Gasteiger partial charge in [-0.2, -0.15) is 0 Å². The lowest BCUT2D eigenvalue weighted by Crippen LogP contribution is -2.50. The molecule has 3 rings (SSSR count). The fraction of sp³-hybridized carbons (Fsp3) is 0.875. The highest BCUT2D eigenvalue weighted by Crippen LogP contribution is 2.28. The Kier molecular flexibility index (Phi) is 8.79. The average molecular weight is 451 g/mol. The lowest BCUT2D eigenvalue weighted by atomic mass is 9.88. The largest absolute Gasteiger partial charge is 0.444 e. The minimum absolute atomic E-state index is 0.00130. The van der Waals surface area contributed by atoms with Crippen molar-refractivity contribution in [1.29, 1.82) is 0 Å². The van der Waals surface area contributed by atoms with E-state index in [1.807, 2.05) is 25.7 Å². The molecule has 8 heteroatoms. The molecule has 8 nitrogen and oxygen atoms in total. The topological polar surface area (TPSA) is 82.2 Å². The fourth-order valence-electron chi connectivity index (χ4n) is 5.00. The molecule has 1 saturated carbocycles. The molecule has 2 saturated heterocycles. The number of amides is 3. The van der Waals surface area contributed by atoms with E-state index < -0.39 is 5.60 Å². The second-order valence-corrected chi connectivity index (χ2v) is 10.5. The molecule has 3 amide bonds. The van der Waals surface area contributed by atoms with E-state index in [0.717, 1.165) is 71.1 Å². The van der Waals surface area contributed by atoms with Crippen LogP contribution in [0.25, 0.3) is 0 Å². The first-order chi connectivity index (χ1) is 15.2. The molecule has 3 aliphatic rings. The van der Waals surface area contributed by atoms with Crippen LogP contribution in [0.1, 0.15) is 72.1 Å². The molecular weight excluding hydrogens is 408 g/mol. The van der Waals surface area contributed by atoms with Crippen LogP contribution in [0.4, 0.5) is 4.79 Å². The summed E-state index contributed by atoms with van der Waals surface area (Å²) in [5.74, 6) is 0.322. The summed E-state index contributed by atoms with van der Waals surface area (Å²) in [6.45, 7) is 10.8. The van der Waals surface area contributed by atoms with Crippen LogP contribution >= 0.6 is 0 Å². The number of likely N-dealkylation sites (tertiary alicyclic amines) is 1. The molecule has 1 atom stereocenters. The van der Waals surface area contributed by atoms with Crippen LogP contribution in [-0.4, -0.2) is 90.1 Å². The van der Waals surface area contributed by atoms with E-state index in [0.29, 0.717) is 19.6 Å². The maximum Gasteiger partial charge on any atom is 0.410 e. The molecule has 2 heterocycles. The molecular formula is C24H42N4O4. The molecule has 1 aliphatic carbocycles. The van der Waals surface area contributed by atoms with Crippen molar-refractivity contribution in [2.45, 2.75) is 83.8 Å². The third-order valence-corrected chi connectivity index (χ3v) is 6.77. The second kappa shape index (κ2) is 11.3. The highest BCUT2D eigenvalue weighted by atomic mass is 16.6. The van der Waals surface area contributed by atoms with Gasteiger partial charge in [-0.05, 0) is 59.4 Å². The molecule has 182 valence electrons. The van der Waals surface area contributed by atoms with Gasteiger partial charge in [0, 0.05) is 45.2 Å². The van der Waals surface area contributed by atoms with Gasteiger partial charge >= 0.3 is 6.09 Å². The Labute approximate surface area is 193 Å². The second-order valence-electron chi connectivity index (χ2n) is 10.5. The molecule has 0 aromatic heterocycles. The number of carbonyl (C=O) groups is 3. The van der Waals surface area contributed by atoms with E-state index in [4.69, 9.17) is 4.74 Å². The van der Waals surface area contributed by atoms with E-state index in [2.05, 4.69) is 10.2 Å². The number of carbonyl (C=O) groups excluding carboxylic acids is 3. The Hall–Kier alpha value is -1.83. The Morgan fingerprint density at radius 1 is 0.906 bits per heavy atom. The molecule has 32 heavy (non-hydrogen) atoms. The molecule has 0 aromatic rings.